The van der Waals surface area contributed by atoms with Gasteiger partial charge in [0.2, 0.25) is 5.91 Å². The van der Waals surface area contributed by atoms with E-state index in [0.29, 0.717) is 6.04 Å². The average molecular weight is 274 g/mol. The highest BCUT2D eigenvalue weighted by molar-refractivity contribution is 6.07. The topological polar surface area (TPSA) is 41.6 Å². The van der Waals surface area contributed by atoms with E-state index >= 15 is 0 Å². The van der Waals surface area contributed by atoms with Crippen molar-refractivity contribution < 1.29 is 9.53 Å². The van der Waals surface area contributed by atoms with E-state index in [2.05, 4.69) is 30.1 Å². The number of nitrogens with one attached hydrogen (secondary N) is 1. The fourth-order valence-corrected chi connectivity index (χ4v) is 3.73. The molecule has 1 N–H and O–H groups in total. The number of rotatable bonds is 2. The molecule has 20 heavy (non-hydrogen) atoms. The van der Waals surface area contributed by atoms with Gasteiger partial charge in [-0.05, 0) is 38.8 Å². The molecule has 3 rings (SSSR count). The molecule has 4 nitrogen and oxygen atoms in total. The molecule has 1 aromatic rings. The first kappa shape index (κ1) is 13.3. The number of amides is 1. The van der Waals surface area contributed by atoms with Crippen molar-refractivity contribution in [2.45, 2.75) is 51.1 Å². The summed E-state index contributed by atoms with van der Waals surface area (Å²) >= 11 is 0. The van der Waals surface area contributed by atoms with E-state index in [9.17, 15) is 4.79 Å². The molecule has 1 aromatic carbocycles. The molecule has 1 aliphatic heterocycles. The first-order chi connectivity index (χ1) is 9.58. The van der Waals surface area contributed by atoms with Crippen LogP contribution in [-0.4, -0.2) is 24.6 Å². The van der Waals surface area contributed by atoms with Gasteiger partial charge in [0, 0.05) is 12.1 Å². The van der Waals surface area contributed by atoms with Crippen LogP contribution >= 0.6 is 0 Å². The Labute approximate surface area is 120 Å². The molecule has 108 valence electrons. The van der Waals surface area contributed by atoms with E-state index < -0.39 is 0 Å². The summed E-state index contributed by atoms with van der Waals surface area (Å²) in [5.41, 5.74) is 1.62. The fourth-order valence-electron chi connectivity index (χ4n) is 3.73. The Hall–Kier alpha value is -1.71. The van der Waals surface area contributed by atoms with Crippen LogP contribution in [-0.2, 0) is 4.79 Å². The Morgan fingerprint density at radius 1 is 1.30 bits per heavy atom. The fraction of sp³-hybridized carbons (Fsp3) is 0.562. The van der Waals surface area contributed by atoms with Gasteiger partial charge in [-0.1, -0.05) is 12.8 Å². The number of ether oxygens (including phenoxy) is 1. The van der Waals surface area contributed by atoms with Gasteiger partial charge in [-0.15, -0.1) is 0 Å². The van der Waals surface area contributed by atoms with Crippen molar-refractivity contribution in [3.63, 3.8) is 0 Å². The van der Waals surface area contributed by atoms with Gasteiger partial charge >= 0.3 is 0 Å². The summed E-state index contributed by atoms with van der Waals surface area (Å²) in [6.07, 6.45) is 4.15. The molecule has 0 aromatic heterocycles. The number of hydrogen-bond donors (Lipinski definition) is 1. The predicted molar refractivity (Wildman–Crippen MR) is 80.4 cm³/mol. The van der Waals surface area contributed by atoms with Gasteiger partial charge in [0.1, 0.15) is 11.3 Å². The van der Waals surface area contributed by atoms with Gasteiger partial charge in [0.15, 0.2) is 0 Å². The van der Waals surface area contributed by atoms with Crippen LogP contribution in [0.1, 0.15) is 39.5 Å². The van der Waals surface area contributed by atoms with Gasteiger partial charge in [-0.3, -0.25) is 4.79 Å². The molecule has 0 bridgehead atoms. The number of benzene rings is 1. The maximum atomic E-state index is 12.7. The van der Waals surface area contributed by atoms with Crippen molar-refractivity contribution in [1.82, 2.24) is 0 Å². The summed E-state index contributed by atoms with van der Waals surface area (Å²) in [4.78, 5) is 15.0. The van der Waals surface area contributed by atoms with E-state index in [1.165, 1.54) is 0 Å². The zero-order valence-electron chi connectivity index (χ0n) is 12.4. The van der Waals surface area contributed by atoms with E-state index in [4.69, 9.17) is 4.74 Å². The zero-order chi connectivity index (χ0) is 14.3. The van der Waals surface area contributed by atoms with Crippen LogP contribution < -0.4 is 15.0 Å². The van der Waals surface area contributed by atoms with Crippen LogP contribution in [0.5, 0.6) is 5.75 Å². The van der Waals surface area contributed by atoms with Crippen LogP contribution in [0.4, 0.5) is 11.4 Å². The molecule has 1 amide bonds. The van der Waals surface area contributed by atoms with Crippen molar-refractivity contribution in [3.05, 3.63) is 18.2 Å². The number of nitrogens with zero attached hydrogens (tertiary/aromatic N) is 1. The predicted octanol–water partition coefficient (Wildman–Crippen LogP) is 3.17. The smallest absolute Gasteiger partial charge is 0.250 e. The lowest BCUT2D eigenvalue weighted by atomic mass is 9.88. The number of hydrogen-bond acceptors (Lipinski definition) is 3. The minimum Gasteiger partial charge on any atom is -0.497 e. The summed E-state index contributed by atoms with van der Waals surface area (Å²) < 4.78 is 5.26. The van der Waals surface area contributed by atoms with Crippen molar-refractivity contribution >= 4 is 17.3 Å². The molecule has 1 saturated carbocycles. The third-order valence-electron chi connectivity index (χ3n) is 4.54. The van der Waals surface area contributed by atoms with Crippen molar-refractivity contribution in [1.29, 1.82) is 0 Å². The van der Waals surface area contributed by atoms with Crippen molar-refractivity contribution in [2.75, 3.05) is 17.3 Å². The molecule has 0 atom stereocenters. The second-order valence-electron chi connectivity index (χ2n) is 6.04. The lowest BCUT2D eigenvalue weighted by Gasteiger charge is -2.48. The molecular formula is C16H22N2O2. The van der Waals surface area contributed by atoms with Gasteiger partial charge in [0.25, 0.3) is 0 Å². The standard InChI is InChI=1S/C16H22N2O2/c1-11(2)18-14-7-6-12(20-3)10-13(14)17-15(19)16(18)8-4-5-9-16/h6-7,10-11H,4-5,8-9H2,1-3H3,(H,17,19). The van der Waals surface area contributed by atoms with Crippen LogP contribution in [0.3, 0.4) is 0 Å². The lowest BCUT2D eigenvalue weighted by molar-refractivity contribution is -0.121. The second kappa shape index (κ2) is 4.69. The Bertz CT molecular complexity index is 533. The SMILES string of the molecule is COc1ccc2c(c1)NC(=O)C1(CCCC1)N2C(C)C. The molecule has 1 heterocycles. The molecular weight excluding hydrogens is 252 g/mol. The number of carbonyl (C=O) groups excluding carboxylic acids is 1. The summed E-state index contributed by atoms with van der Waals surface area (Å²) in [5, 5.41) is 3.09. The molecule has 1 fully saturated rings. The Morgan fingerprint density at radius 3 is 2.60 bits per heavy atom. The minimum absolute atomic E-state index is 0.143. The van der Waals surface area contributed by atoms with E-state index in [1.54, 1.807) is 7.11 Å². The van der Waals surface area contributed by atoms with E-state index in [-0.39, 0.29) is 11.4 Å². The quantitative estimate of drug-likeness (QED) is 0.900. The van der Waals surface area contributed by atoms with E-state index in [1.807, 2.05) is 12.1 Å². The molecule has 0 saturated heterocycles. The van der Waals surface area contributed by atoms with Gasteiger partial charge in [-0.25, -0.2) is 0 Å². The van der Waals surface area contributed by atoms with Crippen molar-refractivity contribution in [2.24, 2.45) is 0 Å². The maximum absolute atomic E-state index is 12.7. The molecule has 1 spiro atoms. The third kappa shape index (κ3) is 1.78. The Balaban J connectivity index is 2.12. The van der Waals surface area contributed by atoms with Crippen LogP contribution in [0.2, 0.25) is 0 Å². The van der Waals surface area contributed by atoms with Crippen LogP contribution in [0.25, 0.3) is 0 Å². The van der Waals surface area contributed by atoms with Crippen LogP contribution in [0, 0.1) is 0 Å². The van der Waals surface area contributed by atoms with Crippen LogP contribution in [0.15, 0.2) is 18.2 Å². The number of methoxy groups -OCH3 is 1. The monoisotopic (exact) mass is 274 g/mol. The molecule has 2 aliphatic rings. The molecule has 0 unspecified atom stereocenters. The normalized spacial score (nSPS) is 20.2. The zero-order valence-corrected chi connectivity index (χ0v) is 12.4. The van der Waals surface area contributed by atoms with E-state index in [0.717, 1.165) is 42.8 Å². The minimum atomic E-state index is -0.351. The first-order valence-corrected chi connectivity index (χ1v) is 7.37. The van der Waals surface area contributed by atoms with Gasteiger partial charge in [-0.2, -0.15) is 0 Å². The van der Waals surface area contributed by atoms with Gasteiger partial charge in [0.05, 0.1) is 18.5 Å². The molecule has 4 heteroatoms. The molecule has 0 radical (unpaired) electrons. The maximum Gasteiger partial charge on any atom is 0.250 e. The highest BCUT2D eigenvalue weighted by atomic mass is 16.5. The Morgan fingerprint density at radius 2 is 2.00 bits per heavy atom. The summed E-state index contributed by atoms with van der Waals surface area (Å²) in [7, 11) is 1.64. The largest absolute Gasteiger partial charge is 0.497 e. The lowest BCUT2D eigenvalue weighted by Crippen LogP contribution is -2.60. The highest BCUT2D eigenvalue weighted by Gasteiger charge is 2.50. The van der Waals surface area contributed by atoms with Crippen molar-refractivity contribution in [3.8, 4) is 5.75 Å². The Kier molecular flexibility index (Phi) is 3.11. The summed E-state index contributed by atoms with van der Waals surface area (Å²) in [6, 6.07) is 6.23. The average Bonchev–Trinajstić information content (AvgIpc) is 2.89. The number of carbonyl (C=O) groups is 1. The number of fused-ring (bicyclic) bond motifs is 1. The summed E-state index contributed by atoms with van der Waals surface area (Å²) in [6.45, 7) is 4.32. The number of anilines is 2. The first-order valence-electron chi connectivity index (χ1n) is 7.37. The highest BCUT2D eigenvalue weighted by Crippen LogP contribution is 2.47. The second-order valence-corrected chi connectivity index (χ2v) is 6.04. The summed E-state index contributed by atoms with van der Waals surface area (Å²) in [5.74, 6) is 0.916. The molecule has 1 aliphatic carbocycles. The third-order valence-corrected chi connectivity index (χ3v) is 4.54. The van der Waals surface area contributed by atoms with Gasteiger partial charge < -0.3 is 15.0 Å².